The Morgan fingerprint density at radius 1 is 1.06 bits per heavy atom. The summed E-state index contributed by atoms with van der Waals surface area (Å²) >= 11 is 1.57. The van der Waals surface area contributed by atoms with E-state index in [4.69, 9.17) is 0 Å². The number of amides is 1. The number of rotatable bonds is 6. The van der Waals surface area contributed by atoms with E-state index in [1.165, 1.54) is 32.1 Å². The Kier molecular flexibility index (Phi) is 6.94. The van der Waals surface area contributed by atoms with Gasteiger partial charge in [0.25, 0.3) is 5.91 Å². The van der Waals surface area contributed by atoms with Crippen LogP contribution in [0.5, 0.6) is 0 Å². The Morgan fingerprint density at radius 2 is 1.86 bits per heavy atom. The molecular weight excluding hydrogens is 458 g/mol. The van der Waals surface area contributed by atoms with Crippen LogP contribution in [-0.2, 0) is 0 Å². The zero-order valence-corrected chi connectivity index (χ0v) is 21.0. The molecule has 8 nitrogen and oxygen atoms in total. The molecule has 9 heteroatoms. The number of aromatic nitrogens is 4. The molecule has 1 saturated carbocycles. The van der Waals surface area contributed by atoms with E-state index in [-0.39, 0.29) is 11.9 Å². The number of carbonyl (C=O) groups is 1. The first-order chi connectivity index (χ1) is 17.1. The molecule has 35 heavy (non-hydrogen) atoms. The number of benzene rings is 1. The summed E-state index contributed by atoms with van der Waals surface area (Å²) in [5.41, 5.74) is 4.14. The zero-order chi connectivity index (χ0) is 24.2. The molecule has 3 aromatic heterocycles. The summed E-state index contributed by atoms with van der Waals surface area (Å²) in [5.74, 6) is 0.483. The largest absolute Gasteiger partial charge is 0.365 e. The van der Waals surface area contributed by atoms with Crippen LogP contribution in [0.25, 0.3) is 21.5 Å². The van der Waals surface area contributed by atoms with Crippen LogP contribution in [0.15, 0.2) is 36.5 Å². The second-order valence-electron chi connectivity index (χ2n) is 9.07. The first-order valence-electron chi connectivity index (χ1n) is 12.3. The minimum Gasteiger partial charge on any atom is -0.365 e. The number of H-pyrrole nitrogens is 1. The molecule has 4 N–H and O–H groups in total. The molecule has 1 aliphatic carbocycles. The Hall–Kier alpha value is -3.46. The van der Waals surface area contributed by atoms with Gasteiger partial charge in [-0.3, -0.25) is 4.79 Å². The lowest BCUT2D eigenvalue weighted by atomic mass is 9.96. The first-order valence-corrected chi connectivity index (χ1v) is 13.1. The Morgan fingerprint density at radius 3 is 2.63 bits per heavy atom. The Bertz CT molecular complexity index is 1320. The van der Waals surface area contributed by atoms with Crippen molar-refractivity contribution in [1.82, 2.24) is 25.3 Å². The van der Waals surface area contributed by atoms with Crippen LogP contribution < -0.4 is 16.0 Å². The maximum Gasteiger partial charge on any atom is 0.267 e. The molecule has 182 valence electrons. The third-order valence-electron chi connectivity index (χ3n) is 6.46. The summed E-state index contributed by atoms with van der Waals surface area (Å²) in [6, 6.07) is 10.0. The molecule has 1 aliphatic rings. The zero-order valence-electron chi connectivity index (χ0n) is 20.1. The number of hydrogen-bond acceptors (Lipinski definition) is 7. The minimum atomic E-state index is -0.0295. The van der Waals surface area contributed by atoms with Crippen LogP contribution in [-0.4, -0.2) is 38.9 Å². The van der Waals surface area contributed by atoms with Gasteiger partial charge in [-0.15, -0.1) is 0 Å². The van der Waals surface area contributed by atoms with Crippen molar-refractivity contribution in [1.29, 1.82) is 0 Å². The van der Waals surface area contributed by atoms with E-state index in [2.05, 4.69) is 35.9 Å². The topological polar surface area (TPSA) is 108 Å². The van der Waals surface area contributed by atoms with Gasteiger partial charge >= 0.3 is 0 Å². The highest BCUT2D eigenvalue weighted by Gasteiger charge is 2.17. The second kappa shape index (κ2) is 10.4. The van der Waals surface area contributed by atoms with Gasteiger partial charge in [-0.05, 0) is 50.1 Å². The van der Waals surface area contributed by atoms with E-state index in [1.54, 1.807) is 17.5 Å². The number of anilines is 3. The number of aromatic amines is 1. The fraction of sp³-hybridized carbons (Fsp3) is 0.385. The van der Waals surface area contributed by atoms with Gasteiger partial charge in [0.1, 0.15) is 5.69 Å². The third kappa shape index (κ3) is 5.45. The number of carbonyl (C=O) groups excluding carboxylic acids is 1. The summed E-state index contributed by atoms with van der Waals surface area (Å²) in [5, 5.41) is 11.4. The van der Waals surface area contributed by atoms with Crippen molar-refractivity contribution in [2.75, 3.05) is 17.7 Å². The molecule has 1 aromatic carbocycles. The van der Waals surface area contributed by atoms with Crippen LogP contribution in [0.4, 0.5) is 16.8 Å². The van der Waals surface area contributed by atoms with Crippen molar-refractivity contribution >= 4 is 44.9 Å². The number of thiazole rings is 1. The monoisotopic (exact) mass is 489 g/mol. The van der Waals surface area contributed by atoms with E-state index in [1.807, 2.05) is 44.3 Å². The number of hydrogen-bond donors (Lipinski definition) is 4. The van der Waals surface area contributed by atoms with Crippen molar-refractivity contribution in [3.63, 3.8) is 0 Å². The number of fused-ring (bicyclic) bond motifs is 1. The van der Waals surface area contributed by atoms with Gasteiger partial charge in [-0.1, -0.05) is 43.4 Å². The van der Waals surface area contributed by atoms with Crippen LogP contribution in [0.1, 0.15) is 61.1 Å². The Balaban J connectivity index is 1.30. The maximum atomic E-state index is 12.9. The van der Waals surface area contributed by atoms with Crippen molar-refractivity contribution in [2.45, 2.75) is 57.9 Å². The Labute approximate surface area is 209 Å². The van der Waals surface area contributed by atoms with Crippen molar-refractivity contribution in [2.24, 2.45) is 0 Å². The van der Waals surface area contributed by atoms with E-state index >= 15 is 0 Å². The van der Waals surface area contributed by atoms with Gasteiger partial charge in [-0.25, -0.2) is 15.0 Å². The fourth-order valence-electron chi connectivity index (χ4n) is 4.61. The maximum absolute atomic E-state index is 12.9. The SMILES string of the molecule is CNc1nc(C)c(-c2ccnc(Nc3ccc4[nH]c(C(=O)NC5CCCCCCC5)cc4c3)n2)s1. The van der Waals surface area contributed by atoms with Crippen LogP contribution in [0, 0.1) is 6.92 Å². The molecule has 4 aromatic rings. The lowest BCUT2D eigenvalue weighted by molar-refractivity contribution is 0.0926. The summed E-state index contributed by atoms with van der Waals surface area (Å²) < 4.78 is 0. The van der Waals surface area contributed by atoms with Gasteiger partial charge in [0, 0.05) is 35.9 Å². The summed E-state index contributed by atoms with van der Waals surface area (Å²) in [6.07, 6.45) is 10.1. The van der Waals surface area contributed by atoms with E-state index in [0.717, 1.165) is 50.8 Å². The minimum absolute atomic E-state index is 0.0295. The second-order valence-corrected chi connectivity index (χ2v) is 10.1. The molecule has 0 unspecified atom stereocenters. The molecule has 1 fully saturated rings. The molecular formula is C26H31N7OS. The third-order valence-corrected chi connectivity index (χ3v) is 7.66. The van der Waals surface area contributed by atoms with E-state index in [9.17, 15) is 4.79 Å². The molecule has 0 atom stereocenters. The highest BCUT2D eigenvalue weighted by Crippen LogP contribution is 2.32. The summed E-state index contributed by atoms with van der Waals surface area (Å²) in [4.78, 5) is 30.8. The molecule has 5 rings (SSSR count). The molecule has 0 saturated heterocycles. The van der Waals surface area contributed by atoms with Gasteiger partial charge < -0.3 is 20.9 Å². The van der Waals surface area contributed by atoms with Gasteiger partial charge in [0.05, 0.1) is 16.3 Å². The molecule has 1 amide bonds. The standard InChI is InChI=1S/C26H31N7OS/c1-16-23(35-26(27-2)29-16)21-12-13-28-25(33-21)31-19-10-11-20-17(14-19)15-22(32-20)24(34)30-18-8-6-4-3-5-7-9-18/h10-15,18,32H,3-9H2,1-2H3,(H,27,29)(H,30,34)(H,28,31,33). The van der Waals surface area contributed by atoms with E-state index in [0.29, 0.717) is 11.6 Å². The predicted molar refractivity (Wildman–Crippen MR) is 143 cm³/mol. The molecule has 3 heterocycles. The first kappa shape index (κ1) is 23.3. The average Bonchev–Trinajstić information content (AvgIpc) is 3.44. The van der Waals surface area contributed by atoms with E-state index < -0.39 is 0 Å². The molecule has 0 bridgehead atoms. The van der Waals surface area contributed by atoms with Crippen molar-refractivity contribution in [3.8, 4) is 10.6 Å². The normalized spacial score (nSPS) is 14.9. The fourth-order valence-corrected chi connectivity index (χ4v) is 5.50. The molecule has 0 radical (unpaired) electrons. The molecule has 0 aliphatic heterocycles. The van der Waals surface area contributed by atoms with Crippen LogP contribution in [0.2, 0.25) is 0 Å². The van der Waals surface area contributed by atoms with Gasteiger partial charge in [0.15, 0.2) is 5.13 Å². The highest BCUT2D eigenvalue weighted by atomic mass is 32.1. The lowest BCUT2D eigenvalue weighted by Crippen LogP contribution is -2.35. The van der Waals surface area contributed by atoms with Gasteiger partial charge in [-0.2, -0.15) is 0 Å². The van der Waals surface area contributed by atoms with Crippen molar-refractivity contribution < 1.29 is 4.79 Å². The number of aryl methyl sites for hydroxylation is 1. The average molecular weight is 490 g/mol. The predicted octanol–water partition coefficient (Wildman–Crippen LogP) is 6.02. The van der Waals surface area contributed by atoms with Crippen molar-refractivity contribution in [3.05, 3.63) is 47.9 Å². The summed E-state index contributed by atoms with van der Waals surface area (Å²) in [7, 11) is 1.86. The van der Waals surface area contributed by atoms with Crippen LogP contribution >= 0.6 is 11.3 Å². The quantitative estimate of drug-likeness (QED) is 0.264. The number of nitrogens with one attached hydrogen (secondary N) is 4. The lowest BCUT2D eigenvalue weighted by Gasteiger charge is -2.20. The summed E-state index contributed by atoms with van der Waals surface area (Å²) in [6.45, 7) is 1.98. The molecule has 0 spiro atoms. The highest BCUT2D eigenvalue weighted by molar-refractivity contribution is 7.19. The van der Waals surface area contributed by atoms with Gasteiger partial charge in [0.2, 0.25) is 5.95 Å². The smallest absolute Gasteiger partial charge is 0.267 e. The number of nitrogens with zero attached hydrogens (tertiary/aromatic N) is 3. The van der Waals surface area contributed by atoms with Crippen LogP contribution in [0.3, 0.4) is 0 Å².